The Kier molecular flexibility index (Phi) is 5.12. The lowest BCUT2D eigenvalue weighted by atomic mass is 10.1. The summed E-state index contributed by atoms with van der Waals surface area (Å²) in [5.41, 5.74) is 11.6. The molecule has 1 aliphatic rings. The van der Waals surface area contributed by atoms with Crippen molar-refractivity contribution < 1.29 is 14.4 Å². The van der Waals surface area contributed by atoms with Crippen LogP contribution in [0.1, 0.15) is 35.2 Å². The minimum Gasteiger partial charge on any atom is -0.368 e. The molecule has 1 fully saturated rings. The summed E-state index contributed by atoms with van der Waals surface area (Å²) < 4.78 is 0. The summed E-state index contributed by atoms with van der Waals surface area (Å²) >= 11 is 0. The summed E-state index contributed by atoms with van der Waals surface area (Å²) in [5, 5.41) is 2.84. The highest BCUT2D eigenvalue weighted by Crippen LogP contribution is 2.43. The van der Waals surface area contributed by atoms with Gasteiger partial charge < -0.3 is 16.8 Å². The van der Waals surface area contributed by atoms with E-state index in [9.17, 15) is 9.59 Å². The SMILES string of the molecule is NOCc1cccc(C(=O)NCCCC2CC2(N)C(N)=O)c1. The number of carbonyl (C=O) groups excluding carboxylic acids is 2. The predicted octanol–water partition coefficient (Wildman–Crippen LogP) is -0.210. The number of nitrogens with two attached hydrogens (primary N) is 3. The van der Waals surface area contributed by atoms with E-state index in [0.29, 0.717) is 18.5 Å². The maximum atomic E-state index is 12.0. The normalized spacial score (nSPS) is 23.1. The van der Waals surface area contributed by atoms with Crippen LogP contribution in [-0.2, 0) is 16.2 Å². The lowest BCUT2D eigenvalue weighted by Crippen LogP contribution is -2.41. The number of carbonyl (C=O) groups is 2. The van der Waals surface area contributed by atoms with Crippen LogP contribution < -0.4 is 22.7 Å². The van der Waals surface area contributed by atoms with Crippen molar-refractivity contribution in [3.05, 3.63) is 35.4 Å². The van der Waals surface area contributed by atoms with Crippen LogP contribution in [0.3, 0.4) is 0 Å². The van der Waals surface area contributed by atoms with Crippen LogP contribution in [0.15, 0.2) is 24.3 Å². The summed E-state index contributed by atoms with van der Waals surface area (Å²) in [5.74, 6) is 4.56. The molecule has 0 bridgehead atoms. The summed E-state index contributed by atoms with van der Waals surface area (Å²) in [4.78, 5) is 27.7. The minimum absolute atomic E-state index is 0.131. The largest absolute Gasteiger partial charge is 0.368 e. The number of primary amides is 1. The van der Waals surface area contributed by atoms with Gasteiger partial charge in [0.1, 0.15) is 0 Å². The third-order valence-corrected chi connectivity index (χ3v) is 4.07. The van der Waals surface area contributed by atoms with Crippen molar-refractivity contribution in [2.24, 2.45) is 23.3 Å². The maximum absolute atomic E-state index is 12.0. The van der Waals surface area contributed by atoms with Crippen LogP contribution in [-0.4, -0.2) is 23.9 Å². The van der Waals surface area contributed by atoms with Crippen molar-refractivity contribution in [2.75, 3.05) is 6.54 Å². The van der Waals surface area contributed by atoms with E-state index in [1.165, 1.54) is 0 Å². The Bertz CT molecular complexity index is 563. The van der Waals surface area contributed by atoms with Crippen molar-refractivity contribution in [1.29, 1.82) is 0 Å². The molecular weight excluding hydrogens is 284 g/mol. The number of hydrogen-bond donors (Lipinski definition) is 4. The molecule has 2 amide bonds. The Morgan fingerprint density at radius 2 is 2.18 bits per heavy atom. The van der Waals surface area contributed by atoms with Gasteiger partial charge in [0, 0.05) is 12.1 Å². The van der Waals surface area contributed by atoms with E-state index in [-0.39, 0.29) is 18.4 Å². The number of nitrogens with one attached hydrogen (secondary N) is 1. The highest BCUT2D eigenvalue weighted by atomic mass is 16.6. The lowest BCUT2D eigenvalue weighted by Gasteiger charge is -2.08. The van der Waals surface area contributed by atoms with E-state index in [2.05, 4.69) is 10.2 Å². The second-order valence-electron chi connectivity index (χ2n) is 5.72. The van der Waals surface area contributed by atoms with Gasteiger partial charge in [-0.1, -0.05) is 12.1 Å². The second-order valence-corrected chi connectivity index (χ2v) is 5.72. The molecule has 2 atom stereocenters. The molecule has 120 valence electrons. The number of amides is 2. The third-order valence-electron chi connectivity index (χ3n) is 4.07. The quantitative estimate of drug-likeness (QED) is 0.389. The smallest absolute Gasteiger partial charge is 0.251 e. The first-order chi connectivity index (χ1) is 10.5. The number of hydrogen-bond acceptors (Lipinski definition) is 5. The third kappa shape index (κ3) is 3.82. The maximum Gasteiger partial charge on any atom is 0.251 e. The molecule has 22 heavy (non-hydrogen) atoms. The molecule has 0 aliphatic heterocycles. The zero-order valence-corrected chi connectivity index (χ0v) is 12.4. The fourth-order valence-electron chi connectivity index (χ4n) is 2.56. The van der Waals surface area contributed by atoms with Gasteiger partial charge in [-0.25, -0.2) is 5.90 Å². The van der Waals surface area contributed by atoms with Gasteiger partial charge in [-0.15, -0.1) is 0 Å². The molecule has 1 saturated carbocycles. The van der Waals surface area contributed by atoms with Gasteiger partial charge >= 0.3 is 0 Å². The Hall–Kier alpha value is -1.96. The van der Waals surface area contributed by atoms with Crippen LogP contribution in [0.5, 0.6) is 0 Å². The minimum atomic E-state index is -0.833. The standard InChI is InChI=1S/C15H22N4O3/c16-14(21)15(17)8-12(15)5-2-6-19-13(20)11-4-1-3-10(7-11)9-22-18/h1,3-4,7,12H,2,5-6,8-9,17-18H2,(H2,16,21)(H,19,20). The van der Waals surface area contributed by atoms with Crippen molar-refractivity contribution in [1.82, 2.24) is 5.32 Å². The zero-order valence-electron chi connectivity index (χ0n) is 12.4. The van der Waals surface area contributed by atoms with Gasteiger partial charge in [-0.2, -0.15) is 0 Å². The first-order valence-electron chi connectivity index (χ1n) is 7.25. The molecule has 1 aromatic carbocycles. The Labute approximate surface area is 129 Å². The van der Waals surface area contributed by atoms with Crippen molar-refractivity contribution in [3.63, 3.8) is 0 Å². The molecule has 0 aromatic heterocycles. The van der Waals surface area contributed by atoms with Crippen molar-refractivity contribution >= 4 is 11.8 Å². The van der Waals surface area contributed by atoms with Crippen LogP contribution in [0, 0.1) is 5.92 Å². The zero-order chi connectivity index (χ0) is 16.2. The highest BCUT2D eigenvalue weighted by molar-refractivity contribution is 5.94. The molecule has 0 heterocycles. The van der Waals surface area contributed by atoms with E-state index in [1.54, 1.807) is 18.2 Å². The molecule has 1 aromatic rings. The molecule has 7 nitrogen and oxygen atoms in total. The average molecular weight is 306 g/mol. The first kappa shape index (κ1) is 16.4. The summed E-state index contributed by atoms with van der Waals surface area (Å²) in [6, 6.07) is 7.08. The van der Waals surface area contributed by atoms with E-state index in [4.69, 9.17) is 17.4 Å². The van der Waals surface area contributed by atoms with Crippen LogP contribution in [0.4, 0.5) is 0 Å². The Morgan fingerprint density at radius 3 is 2.82 bits per heavy atom. The van der Waals surface area contributed by atoms with Crippen LogP contribution in [0.2, 0.25) is 0 Å². The molecule has 2 rings (SSSR count). The molecule has 2 unspecified atom stereocenters. The van der Waals surface area contributed by atoms with E-state index in [0.717, 1.165) is 18.4 Å². The molecule has 0 radical (unpaired) electrons. The number of rotatable bonds is 8. The lowest BCUT2D eigenvalue weighted by molar-refractivity contribution is -0.120. The van der Waals surface area contributed by atoms with Gasteiger partial charge in [0.25, 0.3) is 5.91 Å². The molecule has 7 heteroatoms. The van der Waals surface area contributed by atoms with Gasteiger partial charge in [0.2, 0.25) is 5.91 Å². The molecule has 0 saturated heterocycles. The van der Waals surface area contributed by atoms with Gasteiger partial charge in [-0.05, 0) is 42.9 Å². The summed E-state index contributed by atoms with van der Waals surface area (Å²) in [7, 11) is 0. The van der Waals surface area contributed by atoms with Crippen LogP contribution >= 0.6 is 0 Å². The van der Waals surface area contributed by atoms with Crippen molar-refractivity contribution in [2.45, 2.75) is 31.4 Å². The second kappa shape index (κ2) is 6.87. The molecule has 0 spiro atoms. The topological polar surface area (TPSA) is 133 Å². The predicted molar refractivity (Wildman–Crippen MR) is 81.2 cm³/mol. The van der Waals surface area contributed by atoms with E-state index >= 15 is 0 Å². The summed E-state index contributed by atoms with van der Waals surface area (Å²) in [6.45, 7) is 0.788. The molecular formula is C15H22N4O3. The molecule has 7 N–H and O–H groups in total. The fourth-order valence-corrected chi connectivity index (χ4v) is 2.56. The summed E-state index contributed by atoms with van der Waals surface area (Å²) in [6.07, 6.45) is 2.17. The fraction of sp³-hybridized carbons (Fsp3) is 0.467. The van der Waals surface area contributed by atoms with E-state index in [1.807, 2.05) is 6.07 Å². The van der Waals surface area contributed by atoms with E-state index < -0.39 is 11.4 Å². The highest BCUT2D eigenvalue weighted by Gasteiger charge is 2.55. The van der Waals surface area contributed by atoms with Crippen molar-refractivity contribution in [3.8, 4) is 0 Å². The molecule has 1 aliphatic carbocycles. The van der Waals surface area contributed by atoms with Crippen LogP contribution in [0.25, 0.3) is 0 Å². The van der Waals surface area contributed by atoms with Gasteiger partial charge in [-0.3, -0.25) is 14.4 Å². The number of benzene rings is 1. The Balaban J connectivity index is 1.72. The first-order valence-corrected chi connectivity index (χ1v) is 7.25. The van der Waals surface area contributed by atoms with Gasteiger partial charge in [0.05, 0.1) is 12.1 Å². The average Bonchev–Trinajstić information content (AvgIpc) is 3.16. The monoisotopic (exact) mass is 306 g/mol. The van der Waals surface area contributed by atoms with Gasteiger partial charge in [0.15, 0.2) is 0 Å². The Morgan fingerprint density at radius 1 is 1.41 bits per heavy atom.